The molecular formula is C19H22N8O6. The number of carbonyl (C=O) groups is 3. The summed E-state index contributed by atoms with van der Waals surface area (Å²) in [5.74, 6) is -3.32. The molecule has 3 rings (SSSR count). The lowest BCUT2D eigenvalue weighted by atomic mass is 10.1. The molecule has 1 aromatic carbocycles. The molecular weight excluding hydrogens is 436 g/mol. The van der Waals surface area contributed by atoms with Gasteiger partial charge in [0.05, 0.1) is 6.04 Å². The third kappa shape index (κ3) is 5.75. The number of hydrogen-bond acceptors (Lipinski definition) is 10. The SMILES string of the molecule is N=C(C[C@H](NC(=O)c1ccc(NCC2CNc3nc(N)[nH]c(=O)c3N2)cc1)C(=O)O)C(=O)O. The number of nitrogens with one attached hydrogen (secondary N) is 6. The second-order valence-corrected chi connectivity index (χ2v) is 7.21. The van der Waals surface area contributed by atoms with Crippen LogP contribution in [-0.2, 0) is 9.59 Å². The molecule has 2 aromatic rings. The summed E-state index contributed by atoms with van der Waals surface area (Å²) in [5.41, 5.74) is 5.44. The highest BCUT2D eigenvalue weighted by Crippen LogP contribution is 2.20. The van der Waals surface area contributed by atoms with Crippen LogP contribution in [0.15, 0.2) is 29.1 Å². The summed E-state index contributed by atoms with van der Waals surface area (Å²) in [7, 11) is 0. The van der Waals surface area contributed by atoms with E-state index in [9.17, 15) is 24.3 Å². The monoisotopic (exact) mass is 458 g/mol. The predicted octanol–water partition coefficient (Wildman–Crippen LogP) is -0.652. The summed E-state index contributed by atoms with van der Waals surface area (Å²) in [6, 6.07) is 4.48. The Balaban J connectivity index is 1.56. The van der Waals surface area contributed by atoms with Crippen molar-refractivity contribution in [3.8, 4) is 0 Å². The van der Waals surface area contributed by atoms with E-state index in [0.29, 0.717) is 30.3 Å². The molecule has 0 spiro atoms. The zero-order chi connectivity index (χ0) is 24.1. The van der Waals surface area contributed by atoms with E-state index in [4.69, 9.17) is 16.2 Å². The number of carboxylic acid groups (broad SMARTS) is 2. The Morgan fingerprint density at radius 3 is 2.58 bits per heavy atom. The van der Waals surface area contributed by atoms with Gasteiger partial charge in [-0.05, 0) is 24.3 Å². The first kappa shape index (κ1) is 23.1. The van der Waals surface area contributed by atoms with Crippen LogP contribution in [0.3, 0.4) is 0 Å². The van der Waals surface area contributed by atoms with E-state index in [1.807, 2.05) is 0 Å². The Labute approximate surface area is 186 Å². The van der Waals surface area contributed by atoms with Crippen molar-refractivity contribution in [3.63, 3.8) is 0 Å². The number of nitrogens with two attached hydrogens (primary N) is 1. The third-order valence-electron chi connectivity index (χ3n) is 4.77. The van der Waals surface area contributed by atoms with Crippen molar-refractivity contribution in [2.75, 3.05) is 34.8 Å². The number of rotatable bonds is 9. The quantitative estimate of drug-likeness (QED) is 0.214. The molecule has 174 valence electrons. The Kier molecular flexibility index (Phi) is 6.76. The largest absolute Gasteiger partial charge is 0.480 e. The highest BCUT2D eigenvalue weighted by molar-refractivity contribution is 6.34. The molecule has 1 aliphatic rings. The first-order valence-corrected chi connectivity index (χ1v) is 9.72. The molecule has 2 atom stereocenters. The van der Waals surface area contributed by atoms with Crippen LogP contribution in [0.25, 0.3) is 0 Å². The summed E-state index contributed by atoms with van der Waals surface area (Å²) in [6.45, 7) is 0.915. The van der Waals surface area contributed by atoms with Gasteiger partial charge < -0.3 is 37.2 Å². The molecule has 33 heavy (non-hydrogen) atoms. The molecule has 0 radical (unpaired) electrons. The van der Waals surface area contributed by atoms with Gasteiger partial charge in [0.2, 0.25) is 5.95 Å². The minimum atomic E-state index is -1.55. The van der Waals surface area contributed by atoms with Crippen LogP contribution in [-0.4, -0.2) is 68.9 Å². The van der Waals surface area contributed by atoms with E-state index in [1.165, 1.54) is 12.1 Å². The Bertz CT molecular complexity index is 1150. The van der Waals surface area contributed by atoms with Crippen LogP contribution in [0.5, 0.6) is 0 Å². The Hall–Kier alpha value is -4.62. The van der Waals surface area contributed by atoms with Crippen molar-refractivity contribution in [2.24, 2.45) is 0 Å². The first-order chi connectivity index (χ1) is 15.6. The molecule has 1 amide bonds. The summed E-state index contributed by atoms with van der Waals surface area (Å²) in [6.07, 6.45) is -0.646. The minimum Gasteiger partial charge on any atom is -0.480 e. The van der Waals surface area contributed by atoms with E-state index in [0.717, 1.165) is 0 Å². The minimum absolute atomic E-state index is 0.0172. The van der Waals surface area contributed by atoms with Crippen LogP contribution in [0, 0.1) is 5.41 Å². The van der Waals surface area contributed by atoms with Crippen molar-refractivity contribution in [1.82, 2.24) is 15.3 Å². The number of H-pyrrole nitrogens is 1. The fourth-order valence-corrected chi connectivity index (χ4v) is 3.06. The number of carbonyl (C=O) groups excluding carboxylic acids is 1. The maximum absolute atomic E-state index is 12.3. The van der Waals surface area contributed by atoms with E-state index >= 15 is 0 Å². The standard InChI is InChI=1S/C19H22N8O6/c20-11(17(30)31)5-12(18(32)33)25-15(28)8-1-3-9(4-2-8)22-6-10-7-23-14-13(24-10)16(29)27-19(21)26-14/h1-4,10,12,20,22,24H,5-7H2,(H,25,28)(H,30,31)(H,32,33)(H4,21,23,26,27,29)/t10?,12-/m0/s1. The van der Waals surface area contributed by atoms with Gasteiger partial charge in [-0.15, -0.1) is 0 Å². The van der Waals surface area contributed by atoms with Gasteiger partial charge in [0.1, 0.15) is 17.4 Å². The molecule has 10 N–H and O–H groups in total. The zero-order valence-corrected chi connectivity index (χ0v) is 17.1. The number of anilines is 4. The molecule has 0 bridgehead atoms. The average Bonchev–Trinajstić information content (AvgIpc) is 2.77. The second kappa shape index (κ2) is 9.67. The molecule has 1 aliphatic heterocycles. The molecule has 0 aliphatic carbocycles. The van der Waals surface area contributed by atoms with Crippen molar-refractivity contribution in [3.05, 3.63) is 40.2 Å². The average molecular weight is 458 g/mol. The van der Waals surface area contributed by atoms with Gasteiger partial charge in [-0.25, -0.2) is 9.59 Å². The number of aromatic amines is 1. The first-order valence-electron chi connectivity index (χ1n) is 9.72. The van der Waals surface area contributed by atoms with Gasteiger partial charge in [-0.2, -0.15) is 4.98 Å². The maximum Gasteiger partial charge on any atom is 0.349 e. The number of nitrogens with zero attached hydrogens (tertiary/aromatic N) is 1. The highest BCUT2D eigenvalue weighted by atomic mass is 16.4. The number of nitrogen functional groups attached to an aromatic ring is 1. The number of carboxylic acids is 2. The van der Waals surface area contributed by atoms with Gasteiger partial charge in [-0.3, -0.25) is 20.0 Å². The molecule has 0 saturated heterocycles. The van der Waals surface area contributed by atoms with Crippen molar-refractivity contribution in [2.45, 2.75) is 18.5 Å². The maximum atomic E-state index is 12.3. The molecule has 0 fully saturated rings. The third-order valence-corrected chi connectivity index (χ3v) is 4.77. The van der Waals surface area contributed by atoms with Gasteiger partial charge in [0.25, 0.3) is 11.5 Å². The molecule has 14 heteroatoms. The van der Waals surface area contributed by atoms with Crippen molar-refractivity contribution in [1.29, 1.82) is 5.41 Å². The summed E-state index contributed by atoms with van der Waals surface area (Å²) < 4.78 is 0. The normalized spacial score (nSPS) is 15.2. The number of fused-ring (bicyclic) bond motifs is 1. The Morgan fingerprint density at radius 1 is 1.24 bits per heavy atom. The summed E-state index contributed by atoms with van der Waals surface area (Å²) >= 11 is 0. The number of aliphatic carboxylic acids is 2. The molecule has 14 nitrogen and oxygen atoms in total. The van der Waals surface area contributed by atoms with E-state index in [1.54, 1.807) is 12.1 Å². The van der Waals surface area contributed by atoms with Crippen LogP contribution in [0.1, 0.15) is 16.8 Å². The Morgan fingerprint density at radius 2 is 1.94 bits per heavy atom. The van der Waals surface area contributed by atoms with Gasteiger partial charge in [-0.1, -0.05) is 0 Å². The lowest BCUT2D eigenvalue weighted by Crippen LogP contribution is -2.43. The van der Waals surface area contributed by atoms with Gasteiger partial charge in [0, 0.05) is 30.8 Å². The zero-order valence-electron chi connectivity index (χ0n) is 17.1. The van der Waals surface area contributed by atoms with Crippen molar-refractivity contribution < 1.29 is 24.6 Å². The molecule has 1 aromatic heterocycles. The fourth-order valence-electron chi connectivity index (χ4n) is 3.06. The lowest BCUT2D eigenvalue weighted by molar-refractivity contribution is -0.139. The van der Waals surface area contributed by atoms with Gasteiger partial charge in [0.15, 0.2) is 5.82 Å². The van der Waals surface area contributed by atoms with Crippen LogP contribution in [0.4, 0.5) is 23.1 Å². The topological polar surface area (TPSA) is 235 Å². The van der Waals surface area contributed by atoms with Crippen molar-refractivity contribution >= 4 is 46.7 Å². The van der Waals surface area contributed by atoms with Crippen LogP contribution in [0.2, 0.25) is 0 Å². The molecule has 0 saturated carbocycles. The van der Waals surface area contributed by atoms with E-state index < -0.39 is 36.0 Å². The second-order valence-electron chi connectivity index (χ2n) is 7.21. The van der Waals surface area contributed by atoms with Gasteiger partial charge >= 0.3 is 11.9 Å². The highest BCUT2D eigenvalue weighted by Gasteiger charge is 2.25. The number of hydrogen-bond donors (Lipinski definition) is 9. The summed E-state index contributed by atoms with van der Waals surface area (Å²) in [5, 5.41) is 36.7. The smallest absolute Gasteiger partial charge is 0.349 e. The predicted molar refractivity (Wildman–Crippen MR) is 119 cm³/mol. The van der Waals surface area contributed by atoms with Crippen LogP contribution < -0.4 is 32.6 Å². The number of amides is 1. The lowest BCUT2D eigenvalue weighted by Gasteiger charge is -2.27. The number of benzene rings is 1. The van der Waals surface area contributed by atoms with E-state index in [2.05, 4.69) is 31.2 Å². The summed E-state index contributed by atoms with van der Waals surface area (Å²) in [4.78, 5) is 52.8. The number of aromatic nitrogens is 2. The van der Waals surface area contributed by atoms with E-state index in [-0.39, 0.29) is 23.1 Å². The van der Waals surface area contributed by atoms with Crippen LogP contribution >= 0.6 is 0 Å². The molecule has 1 unspecified atom stereocenters. The fraction of sp³-hybridized carbons (Fsp3) is 0.263. The molecule has 2 heterocycles.